The maximum absolute atomic E-state index is 14.7. The number of rotatable bonds is 18. The van der Waals surface area contributed by atoms with Gasteiger partial charge < -0.3 is 9.80 Å². The fourth-order valence-corrected chi connectivity index (χ4v) is 11.6. The molecule has 0 saturated heterocycles. The third-order valence-electron chi connectivity index (χ3n) is 8.96. The molecule has 0 saturated carbocycles. The smallest absolute Gasteiger partial charge is 0.261 e. The molecule has 0 fully saturated rings. The summed E-state index contributed by atoms with van der Waals surface area (Å²) in [5.74, 6) is -0.0463. The summed E-state index contributed by atoms with van der Waals surface area (Å²) in [5, 5.41) is 0. The van der Waals surface area contributed by atoms with Crippen LogP contribution in [0.25, 0.3) is 30.9 Å². The molecule has 2 amide bonds. The zero-order chi connectivity index (χ0) is 33.6. The standard InChI is InChI=1S/C38H42Br2N2O2S4/c1-3-5-7-9-11-13-23-41-35(29-17-15-25(45-29)27-19-21-31(39)47-27)33-34(37(41)43)36(42(38(33)44)24-14-12-10-8-6-4-2)30-18-16-26(46-30)28-20-22-32(40)48-28/h15-22H,3-14,23-24H2,1-2H3. The zero-order valence-electron chi connectivity index (χ0n) is 27.6. The minimum Gasteiger partial charge on any atom is -0.306 e. The Morgan fingerprint density at radius 2 is 0.792 bits per heavy atom. The topological polar surface area (TPSA) is 40.6 Å². The van der Waals surface area contributed by atoms with Gasteiger partial charge in [0.25, 0.3) is 11.8 Å². The fraction of sp³-hybridized carbons (Fsp3) is 0.421. The van der Waals surface area contributed by atoms with Gasteiger partial charge in [-0.2, -0.15) is 0 Å². The van der Waals surface area contributed by atoms with Crippen LogP contribution in [0.1, 0.15) is 101 Å². The molecule has 4 nitrogen and oxygen atoms in total. The quantitative estimate of drug-likeness (QED) is 0.0936. The SMILES string of the molecule is CCCCCCCCN1C(=O)C2=C(c3ccc(-c4ccc(Br)s4)s3)N(CCCCCCCC)C(=O)C2=C1c1ccc(-c2ccc(Br)s2)s1. The van der Waals surface area contributed by atoms with Crippen LogP contribution in [0.3, 0.4) is 0 Å². The molecular formula is C38H42Br2N2O2S4. The van der Waals surface area contributed by atoms with Gasteiger partial charge in [0.05, 0.1) is 39.9 Å². The largest absolute Gasteiger partial charge is 0.306 e. The average molecular weight is 847 g/mol. The molecule has 0 aliphatic carbocycles. The van der Waals surface area contributed by atoms with Gasteiger partial charge in [-0.15, -0.1) is 45.3 Å². The lowest BCUT2D eigenvalue weighted by atomic mass is 10.1. The first kappa shape index (κ1) is 36.0. The van der Waals surface area contributed by atoms with Crippen molar-refractivity contribution < 1.29 is 9.59 Å². The van der Waals surface area contributed by atoms with Crippen molar-refractivity contribution in [2.45, 2.75) is 90.9 Å². The van der Waals surface area contributed by atoms with Crippen LogP contribution < -0.4 is 0 Å². The number of hydrogen-bond acceptors (Lipinski definition) is 6. The molecule has 2 aliphatic rings. The van der Waals surface area contributed by atoms with E-state index in [0.29, 0.717) is 24.2 Å². The summed E-state index contributed by atoms with van der Waals surface area (Å²) in [6, 6.07) is 16.9. The first-order chi connectivity index (χ1) is 23.4. The summed E-state index contributed by atoms with van der Waals surface area (Å²) < 4.78 is 2.18. The maximum Gasteiger partial charge on any atom is 0.261 e. The third kappa shape index (κ3) is 7.89. The Morgan fingerprint density at radius 3 is 1.17 bits per heavy atom. The number of thiophene rings is 4. The summed E-state index contributed by atoms with van der Waals surface area (Å²) in [6.07, 6.45) is 13.8. The highest BCUT2D eigenvalue weighted by Crippen LogP contribution is 2.50. The van der Waals surface area contributed by atoms with Crippen molar-refractivity contribution in [1.82, 2.24) is 9.80 Å². The molecule has 0 aromatic carbocycles. The summed E-state index contributed by atoms with van der Waals surface area (Å²) in [4.78, 5) is 39.9. The van der Waals surface area contributed by atoms with Crippen LogP contribution in [0.5, 0.6) is 0 Å². The van der Waals surface area contributed by atoms with Crippen LogP contribution in [0.2, 0.25) is 0 Å². The summed E-state index contributed by atoms with van der Waals surface area (Å²) in [6.45, 7) is 5.72. The van der Waals surface area contributed by atoms with E-state index in [0.717, 1.165) is 64.2 Å². The number of hydrogen-bond donors (Lipinski definition) is 0. The second-order valence-electron chi connectivity index (χ2n) is 12.4. The van der Waals surface area contributed by atoms with Crippen molar-refractivity contribution in [2.75, 3.05) is 13.1 Å². The molecule has 0 N–H and O–H groups in total. The van der Waals surface area contributed by atoms with Gasteiger partial charge in [0.2, 0.25) is 0 Å². The molecule has 4 aromatic rings. The first-order valence-electron chi connectivity index (χ1n) is 17.3. The number of carbonyl (C=O) groups excluding carboxylic acids is 2. The normalized spacial score (nSPS) is 14.8. The Bertz CT molecular complexity index is 1680. The third-order valence-corrected chi connectivity index (χ3v) is 14.8. The Kier molecular flexibility index (Phi) is 12.7. The van der Waals surface area contributed by atoms with E-state index in [1.165, 1.54) is 61.1 Å². The number of fused-ring (bicyclic) bond motifs is 1. The van der Waals surface area contributed by atoms with Crippen LogP contribution in [0, 0.1) is 0 Å². The second kappa shape index (κ2) is 16.9. The summed E-state index contributed by atoms with van der Waals surface area (Å²) in [5.41, 5.74) is 2.81. The average Bonchev–Trinajstić information content (AvgIpc) is 3.93. The van der Waals surface area contributed by atoms with Gasteiger partial charge in [0.1, 0.15) is 0 Å². The van der Waals surface area contributed by atoms with Crippen LogP contribution >= 0.6 is 77.2 Å². The van der Waals surface area contributed by atoms with Gasteiger partial charge in [0.15, 0.2) is 0 Å². The molecule has 48 heavy (non-hydrogen) atoms. The number of nitrogens with zero attached hydrogens (tertiary/aromatic N) is 2. The van der Waals surface area contributed by atoms with E-state index >= 15 is 0 Å². The number of halogens is 2. The summed E-state index contributed by atoms with van der Waals surface area (Å²) in [7, 11) is 0. The van der Waals surface area contributed by atoms with E-state index in [9.17, 15) is 9.59 Å². The minimum absolute atomic E-state index is 0.0232. The molecule has 0 spiro atoms. The molecular weight excluding hydrogens is 805 g/mol. The molecule has 6 heterocycles. The highest BCUT2D eigenvalue weighted by atomic mass is 79.9. The molecule has 2 aliphatic heterocycles. The number of unbranched alkanes of at least 4 members (excludes halogenated alkanes) is 10. The number of carbonyl (C=O) groups is 2. The molecule has 4 aromatic heterocycles. The van der Waals surface area contributed by atoms with Gasteiger partial charge in [0, 0.05) is 32.6 Å². The molecule has 0 bridgehead atoms. The highest BCUT2D eigenvalue weighted by molar-refractivity contribution is 9.11. The van der Waals surface area contributed by atoms with Crippen molar-refractivity contribution in [1.29, 1.82) is 0 Å². The highest BCUT2D eigenvalue weighted by Gasteiger charge is 2.49. The Labute approximate surface area is 317 Å². The summed E-state index contributed by atoms with van der Waals surface area (Å²) >= 11 is 14.0. The van der Waals surface area contributed by atoms with Crippen molar-refractivity contribution in [3.63, 3.8) is 0 Å². The number of amides is 2. The van der Waals surface area contributed by atoms with Crippen LogP contribution in [-0.4, -0.2) is 34.7 Å². The zero-order valence-corrected chi connectivity index (χ0v) is 34.1. The van der Waals surface area contributed by atoms with E-state index in [1.807, 2.05) is 9.80 Å². The molecule has 0 unspecified atom stereocenters. The van der Waals surface area contributed by atoms with E-state index < -0.39 is 0 Å². The molecule has 10 heteroatoms. The lowest BCUT2D eigenvalue weighted by molar-refractivity contribution is -0.124. The molecule has 0 atom stereocenters. The Hall–Kier alpha value is -1.82. The van der Waals surface area contributed by atoms with E-state index in [1.54, 1.807) is 45.3 Å². The fourth-order valence-electron chi connectivity index (χ4n) is 6.52. The van der Waals surface area contributed by atoms with Gasteiger partial charge in [-0.3, -0.25) is 9.59 Å². The Balaban J connectivity index is 1.40. The van der Waals surface area contributed by atoms with Crippen molar-refractivity contribution in [3.05, 3.63) is 77.0 Å². The lowest BCUT2D eigenvalue weighted by Gasteiger charge is -2.24. The van der Waals surface area contributed by atoms with Gasteiger partial charge in [-0.25, -0.2) is 0 Å². The van der Waals surface area contributed by atoms with Crippen LogP contribution in [0.15, 0.2) is 67.2 Å². The Morgan fingerprint density at radius 1 is 0.458 bits per heavy atom. The molecule has 254 valence electrons. The van der Waals surface area contributed by atoms with Gasteiger partial charge in [-0.1, -0.05) is 78.1 Å². The van der Waals surface area contributed by atoms with E-state index in [2.05, 4.69) is 94.2 Å². The maximum atomic E-state index is 14.7. The van der Waals surface area contributed by atoms with Crippen molar-refractivity contribution in [3.8, 4) is 19.5 Å². The van der Waals surface area contributed by atoms with Crippen molar-refractivity contribution >= 4 is 100 Å². The first-order valence-corrected chi connectivity index (χ1v) is 22.1. The van der Waals surface area contributed by atoms with Gasteiger partial charge >= 0.3 is 0 Å². The van der Waals surface area contributed by atoms with Gasteiger partial charge in [-0.05, 0) is 93.2 Å². The van der Waals surface area contributed by atoms with Crippen molar-refractivity contribution in [2.24, 2.45) is 0 Å². The van der Waals surface area contributed by atoms with Crippen LogP contribution in [-0.2, 0) is 9.59 Å². The van der Waals surface area contributed by atoms with E-state index in [4.69, 9.17) is 0 Å². The van der Waals surface area contributed by atoms with Crippen LogP contribution in [0.4, 0.5) is 0 Å². The predicted molar refractivity (Wildman–Crippen MR) is 215 cm³/mol. The monoisotopic (exact) mass is 844 g/mol. The minimum atomic E-state index is -0.0232. The predicted octanol–water partition coefficient (Wildman–Crippen LogP) is 13.3. The molecule has 0 radical (unpaired) electrons. The lowest BCUT2D eigenvalue weighted by Crippen LogP contribution is -2.30. The molecule has 6 rings (SSSR count). The van der Waals surface area contributed by atoms with E-state index in [-0.39, 0.29) is 11.8 Å². The second-order valence-corrected chi connectivity index (χ2v) is 19.5.